The predicted molar refractivity (Wildman–Crippen MR) is 119 cm³/mol. The van der Waals surface area contributed by atoms with Crippen LogP contribution in [0.3, 0.4) is 0 Å². The van der Waals surface area contributed by atoms with Crippen LogP contribution in [-0.2, 0) is 4.79 Å². The molecule has 0 saturated heterocycles. The standard InChI is InChI=1S/C22H20N4O2S2/c1-28-18-11-9-17(10-12-18)26-15-23-25-22(26)30-14-20(27)24-21(19-8-5-13-29-19)16-6-3-2-4-7-16/h2-13,15,21H,14H2,1H3,(H,24,27)/t21-/m0/s1. The van der Waals surface area contributed by atoms with Crippen LogP contribution in [0.2, 0.25) is 0 Å². The summed E-state index contributed by atoms with van der Waals surface area (Å²) in [5, 5.41) is 14.0. The summed E-state index contributed by atoms with van der Waals surface area (Å²) >= 11 is 2.98. The van der Waals surface area contributed by atoms with Gasteiger partial charge in [-0.25, -0.2) is 0 Å². The zero-order valence-electron chi connectivity index (χ0n) is 16.3. The first-order chi connectivity index (χ1) is 14.7. The number of methoxy groups -OCH3 is 1. The van der Waals surface area contributed by atoms with E-state index in [9.17, 15) is 4.79 Å². The van der Waals surface area contributed by atoms with Crippen molar-refractivity contribution in [3.63, 3.8) is 0 Å². The topological polar surface area (TPSA) is 69.0 Å². The number of hydrogen-bond donors (Lipinski definition) is 1. The van der Waals surface area contributed by atoms with Gasteiger partial charge in [0.25, 0.3) is 0 Å². The second-order valence-electron chi connectivity index (χ2n) is 6.40. The van der Waals surface area contributed by atoms with Gasteiger partial charge in [-0.1, -0.05) is 48.2 Å². The molecule has 6 nitrogen and oxygen atoms in total. The normalized spacial score (nSPS) is 11.8. The second-order valence-corrected chi connectivity index (χ2v) is 8.32. The van der Waals surface area contributed by atoms with Crippen molar-refractivity contribution in [2.24, 2.45) is 0 Å². The summed E-state index contributed by atoms with van der Waals surface area (Å²) in [6.07, 6.45) is 1.64. The second kappa shape index (κ2) is 9.60. The average molecular weight is 437 g/mol. The fraction of sp³-hybridized carbons (Fsp3) is 0.136. The van der Waals surface area contributed by atoms with Crippen LogP contribution < -0.4 is 10.1 Å². The van der Waals surface area contributed by atoms with Crippen LogP contribution in [0.5, 0.6) is 5.75 Å². The molecule has 1 amide bonds. The molecule has 8 heteroatoms. The van der Waals surface area contributed by atoms with Crippen molar-refractivity contribution in [2.45, 2.75) is 11.2 Å². The quantitative estimate of drug-likeness (QED) is 0.416. The Bertz CT molecular complexity index is 1080. The molecule has 4 rings (SSSR count). The summed E-state index contributed by atoms with van der Waals surface area (Å²) in [5.41, 5.74) is 1.96. The van der Waals surface area contributed by atoms with Crippen LogP contribution in [0.4, 0.5) is 0 Å². The molecule has 0 saturated carbocycles. The van der Waals surface area contributed by atoms with Gasteiger partial charge in [-0.15, -0.1) is 21.5 Å². The van der Waals surface area contributed by atoms with Gasteiger partial charge in [-0.05, 0) is 41.3 Å². The number of amides is 1. The maximum absolute atomic E-state index is 12.7. The van der Waals surface area contributed by atoms with E-state index in [0.717, 1.165) is 21.9 Å². The fourth-order valence-corrected chi connectivity index (χ4v) is 4.54. The van der Waals surface area contributed by atoms with Gasteiger partial charge in [0, 0.05) is 10.6 Å². The van der Waals surface area contributed by atoms with Gasteiger partial charge < -0.3 is 10.1 Å². The third-order valence-corrected chi connectivity index (χ3v) is 6.35. The lowest BCUT2D eigenvalue weighted by atomic mass is 10.1. The van der Waals surface area contributed by atoms with Crippen molar-refractivity contribution in [2.75, 3.05) is 12.9 Å². The molecule has 0 bridgehead atoms. The molecule has 4 aromatic rings. The third-order valence-electron chi connectivity index (χ3n) is 4.47. The number of hydrogen-bond acceptors (Lipinski definition) is 6. The van der Waals surface area contributed by atoms with Gasteiger partial charge in [0.05, 0.1) is 18.9 Å². The summed E-state index contributed by atoms with van der Waals surface area (Å²) in [6.45, 7) is 0. The lowest BCUT2D eigenvalue weighted by Gasteiger charge is -2.18. The maximum atomic E-state index is 12.7. The lowest BCUT2D eigenvalue weighted by molar-refractivity contribution is -0.119. The molecule has 152 valence electrons. The van der Waals surface area contributed by atoms with E-state index < -0.39 is 0 Å². The van der Waals surface area contributed by atoms with E-state index in [0.29, 0.717) is 5.16 Å². The zero-order chi connectivity index (χ0) is 20.8. The van der Waals surface area contributed by atoms with Gasteiger partial charge in [-0.3, -0.25) is 9.36 Å². The molecule has 0 spiro atoms. The van der Waals surface area contributed by atoms with Crippen molar-refractivity contribution in [1.29, 1.82) is 0 Å². The van der Waals surface area contributed by atoms with Crippen molar-refractivity contribution < 1.29 is 9.53 Å². The molecule has 2 heterocycles. The van der Waals surface area contributed by atoms with Crippen LogP contribution in [0.15, 0.2) is 83.6 Å². The first-order valence-electron chi connectivity index (χ1n) is 9.29. The molecule has 0 unspecified atom stereocenters. The number of thiophene rings is 1. The highest BCUT2D eigenvalue weighted by Gasteiger charge is 2.18. The number of nitrogens with zero attached hydrogens (tertiary/aromatic N) is 3. The highest BCUT2D eigenvalue weighted by atomic mass is 32.2. The number of aromatic nitrogens is 3. The molecule has 0 radical (unpaired) electrons. The minimum atomic E-state index is -0.168. The monoisotopic (exact) mass is 436 g/mol. The first-order valence-corrected chi connectivity index (χ1v) is 11.2. The van der Waals surface area contributed by atoms with E-state index in [-0.39, 0.29) is 17.7 Å². The summed E-state index contributed by atoms with van der Waals surface area (Å²) in [7, 11) is 1.63. The molecule has 0 aliphatic rings. The Kier molecular flexibility index (Phi) is 6.46. The van der Waals surface area contributed by atoms with E-state index in [2.05, 4.69) is 15.5 Å². The number of nitrogens with one attached hydrogen (secondary N) is 1. The highest BCUT2D eigenvalue weighted by Crippen LogP contribution is 2.27. The molecule has 30 heavy (non-hydrogen) atoms. The molecule has 0 aliphatic heterocycles. The van der Waals surface area contributed by atoms with Crippen LogP contribution in [-0.4, -0.2) is 33.5 Å². The van der Waals surface area contributed by atoms with E-state index >= 15 is 0 Å². The number of carbonyl (C=O) groups is 1. The Morgan fingerprint density at radius 2 is 1.93 bits per heavy atom. The number of thioether (sulfide) groups is 1. The molecule has 2 aromatic heterocycles. The fourth-order valence-electron chi connectivity index (χ4n) is 3.00. The van der Waals surface area contributed by atoms with Gasteiger partial charge in [-0.2, -0.15) is 0 Å². The number of benzene rings is 2. The van der Waals surface area contributed by atoms with Crippen LogP contribution in [0.1, 0.15) is 16.5 Å². The van der Waals surface area contributed by atoms with Crippen LogP contribution >= 0.6 is 23.1 Å². The zero-order valence-corrected chi connectivity index (χ0v) is 17.9. The van der Waals surface area contributed by atoms with Crippen molar-refractivity contribution >= 4 is 29.0 Å². The van der Waals surface area contributed by atoms with E-state index in [1.165, 1.54) is 11.8 Å². The summed E-state index contributed by atoms with van der Waals surface area (Å²) in [5.74, 6) is 0.955. The van der Waals surface area contributed by atoms with Crippen LogP contribution in [0.25, 0.3) is 5.69 Å². The molecule has 1 N–H and O–H groups in total. The first kappa shape index (κ1) is 20.2. The molecule has 1 atom stereocenters. The van der Waals surface area contributed by atoms with E-state index in [1.807, 2.05) is 76.7 Å². The Balaban J connectivity index is 1.44. The molecule has 0 fully saturated rings. The number of rotatable bonds is 8. The SMILES string of the molecule is COc1ccc(-n2cnnc2SCC(=O)N[C@@H](c2ccccc2)c2cccs2)cc1. The minimum absolute atomic E-state index is 0.0634. The van der Waals surface area contributed by atoms with Crippen molar-refractivity contribution in [3.05, 3.63) is 88.9 Å². The molecule has 2 aromatic carbocycles. The summed E-state index contributed by atoms with van der Waals surface area (Å²) in [4.78, 5) is 13.8. The Morgan fingerprint density at radius 1 is 1.13 bits per heavy atom. The molecular weight excluding hydrogens is 416 g/mol. The van der Waals surface area contributed by atoms with Gasteiger partial charge in [0.15, 0.2) is 5.16 Å². The Hall–Kier alpha value is -3.10. The molecular formula is C22H20N4O2S2. The smallest absolute Gasteiger partial charge is 0.231 e. The Morgan fingerprint density at radius 3 is 2.63 bits per heavy atom. The summed E-state index contributed by atoms with van der Waals surface area (Å²) < 4.78 is 7.05. The molecule has 0 aliphatic carbocycles. The minimum Gasteiger partial charge on any atom is -0.497 e. The maximum Gasteiger partial charge on any atom is 0.231 e. The van der Waals surface area contributed by atoms with Crippen LogP contribution in [0, 0.1) is 0 Å². The van der Waals surface area contributed by atoms with Gasteiger partial charge >= 0.3 is 0 Å². The largest absolute Gasteiger partial charge is 0.497 e. The van der Waals surface area contributed by atoms with E-state index in [4.69, 9.17) is 4.74 Å². The number of carbonyl (C=O) groups excluding carboxylic acids is 1. The Labute approximate surface area is 182 Å². The van der Waals surface area contributed by atoms with Crippen molar-refractivity contribution in [1.82, 2.24) is 20.1 Å². The predicted octanol–water partition coefficient (Wildman–Crippen LogP) is 4.34. The summed E-state index contributed by atoms with van der Waals surface area (Å²) in [6, 6.07) is 21.5. The van der Waals surface area contributed by atoms with Crippen molar-refractivity contribution in [3.8, 4) is 11.4 Å². The number of ether oxygens (including phenoxy) is 1. The average Bonchev–Trinajstić information content (AvgIpc) is 3.49. The lowest BCUT2D eigenvalue weighted by Crippen LogP contribution is -2.30. The van der Waals surface area contributed by atoms with Gasteiger partial charge in [0.1, 0.15) is 12.1 Å². The van der Waals surface area contributed by atoms with E-state index in [1.54, 1.807) is 24.8 Å². The van der Waals surface area contributed by atoms with Gasteiger partial charge in [0.2, 0.25) is 5.91 Å². The highest BCUT2D eigenvalue weighted by molar-refractivity contribution is 7.99. The third kappa shape index (κ3) is 4.72.